The van der Waals surface area contributed by atoms with Crippen LogP contribution in [0.2, 0.25) is 5.02 Å². The van der Waals surface area contributed by atoms with Crippen molar-refractivity contribution in [3.05, 3.63) is 33.4 Å². The zero-order valence-corrected chi connectivity index (χ0v) is 9.51. The standard InChI is InChI=1S/C9H7BrClN3/c10-6-3-1-2-5-8(11)7(4-12)13-14-9(5)6/h1-3H,4,12H2. The number of benzene rings is 1. The molecule has 0 aliphatic heterocycles. The van der Waals surface area contributed by atoms with Crippen LogP contribution in [0.15, 0.2) is 22.7 Å². The zero-order chi connectivity index (χ0) is 10.1. The van der Waals surface area contributed by atoms with Crippen LogP contribution in [0.3, 0.4) is 0 Å². The molecule has 0 radical (unpaired) electrons. The first kappa shape index (κ1) is 9.83. The summed E-state index contributed by atoms with van der Waals surface area (Å²) in [5, 5.41) is 9.45. The monoisotopic (exact) mass is 271 g/mol. The van der Waals surface area contributed by atoms with Gasteiger partial charge in [-0.3, -0.25) is 0 Å². The maximum atomic E-state index is 6.11. The lowest BCUT2D eigenvalue weighted by atomic mass is 10.2. The molecule has 0 unspecified atom stereocenters. The van der Waals surface area contributed by atoms with Gasteiger partial charge in [-0.1, -0.05) is 23.7 Å². The topological polar surface area (TPSA) is 51.8 Å². The first-order valence-electron chi connectivity index (χ1n) is 4.03. The predicted octanol–water partition coefficient (Wildman–Crippen LogP) is 2.50. The second-order valence-corrected chi connectivity index (χ2v) is 4.03. The van der Waals surface area contributed by atoms with E-state index in [2.05, 4.69) is 26.1 Å². The maximum absolute atomic E-state index is 6.11. The van der Waals surface area contributed by atoms with Crippen molar-refractivity contribution in [1.29, 1.82) is 0 Å². The maximum Gasteiger partial charge on any atom is 0.109 e. The van der Waals surface area contributed by atoms with E-state index in [1.807, 2.05) is 18.2 Å². The Kier molecular flexibility index (Phi) is 2.67. The first-order valence-corrected chi connectivity index (χ1v) is 5.20. The number of nitrogens with zero attached hydrogens (tertiary/aromatic N) is 2. The fourth-order valence-electron chi connectivity index (χ4n) is 1.23. The van der Waals surface area contributed by atoms with E-state index in [4.69, 9.17) is 17.3 Å². The summed E-state index contributed by atoms with van der Waals surface area (Å²) in [7, 11) is 0. The number of rotatable bonds is 1. The molecule has 0 saturated carbocycles. The van der Waals surface area contributed by atoms with E-state index in [9.17, 15) is 0 Å². The summed E-state index contributed by atoms with van der Waals surface area (Å²) >= 11 is 9.50. The van der Waals surface area contributed by atoms with Crippen molar-refractivity contribution in [1.82, 2.24) is 10.2 Å². The van der Waals surface area contributed by atoms with Crippen LogP contribution in [-0.2, 0) is 6.54 Å². The lowest BCUT2D eigenvalue weighted by Gasteiger charge is -2.04. The third-order valence-corrected chi connectivity index (χ3v) is 3.00. The molecule has 0 bridgehead atoms. The van der Waals surface area contributed by atoms with Crippen LogP contribution in [0.4, 0.5) is 0 Å². The summed E-state index contributed by atoms with van der Waals surface area (Å²) in [5.41, 5.74) is 6.86. The van der Waals surface area contributed by atoms with E-state index in [1.165, 1.54) is 0 Å². The normalized spacial score (nSPS) is 10.8. The molecule has 2 rings (SSSR count). The molecule has 0 amide bonds. The van der Waals surface area contributed by atoms with Crippen molar-refractivity contribution in [2.75, 3.05) is 0 Å². The number of aromatic nitrogens is 2. The molecule has 0 saturated heterocycles. The van der Waals surface area contributed by atoms with Crippen molar-refractivity contribution in [3.63, 3.8) is 0 Å². The van der Waals surface area contributed by atoms with E-state index in [0.717, 1.165) is 15.4 Å². The molecule has 1 aromatic heterocycles. The molecule has 0 aliphatic carbocycles. The van der Waals surface area contributed by atoms with Gasteiger partial charge in [0, 0.05) is 16.4 Å². The third-order valence-electron chi connectivity index (χ3n) is 1.94. The van der Waals surface area contributed by atoms with Crippen LogP contribution in [0.1, 0.15) is 5.69 Å². The van der Waals surface area contributed by atoms with Gasteiger partial charge in [-0.05, 0) is 22.0 Å². The van der Waals surface area contributed by atoms with E-state index < -0.39 is 0 Å². The molecule has 0 aliphatic rings. The van der Waals surface area contributed by atoms with E-state index in [0.29, 0.717) is 17.3 Å². The number of hydrogen-bond donors (Lipinski definition) is 1. The number of halogens is 2. The molecule has 0 spiro atoms. The van der Waals surface area contributed by atoms with Crippen molar-refractivity contribution in [2.24, 2.45) is 5.73 Å². The van der Waals surface area contributed by atoms with Gasteiger partial charge in [0.2, 0.25) is 0 Å². The van der Waals surface area contributed by atoms with Crippen LogP contribution in [0, 0.1) is 0 Å². The molecule has 0 fully saturated rings. The number of nitrogens with two attached hydrogens (primary N) is 1. The van der Waals surface area contributed by atoms with Crippen LogP contribution in [0.25, 0.3) is 10.9 Å². The first-order chi connectivity index (χ1) is 6.74. The van der Waals surface area contributed by atoms with Crippen molar-refractivity contribution >= 4 is 38.4 Å². The van der Waals surface area contributed by atoms with Gasteiger partial charge in [0.05, 0.1) is 10.7 Å². The fourth-order valence-corrected chi connectivity index (χ4v) is 1.95. The number of hydrogen-bond acceptors (Lipinski definition) is 3. The summed E-state index contributed by atoms with van der Waals surface area (Å²) < 4.78 is 0.882. The molecule has 2 N–H and O–H groups in total. The van der Waals surface area contributed by atoms with Crippen LogP contribution in [0.5, 0.6) is 0 Å². The van der Waals surface area contributed by atoms with Gasteiger partial charge in [-0.25, -0.2) is 0 Å². The van der Waals surface area contributed by atoms with Crippen LogP contribution >= 0.6 is 27.5 Å². The lowest BCUT2D eigenvalue weighted by molar-refractivity contribution is 0.919. The average molecular weight is 273 g/mol. The van der Waals surface area contributed by atoms with Crippen molar-refractivity contribution in [2.45, 2.75) is 6.54 Å². The summed E-state index contributed by atoms with van der Waals surface area (Å²) in [6.45, 7) is 0.300. The Labute approximate surface area is 94.4 Å². The predicted molar refractivity (Wildman–Crippen MR) is 60.1 cm³/mol. The Morgan fingerprint density at radius 3 is 2.86 bits per heavy atom. The summed E-state index contributed by atoms with van der Waals surface area (Å²) in [6.07, 6.45) is 0. The van der Waals surface area contributed by atoms with Crippen molar-refractivity contribution in [3.8, 4) is 0 Å². The summed E-state index contributed by atoms with van der Waals surface area (Å²) in [6, 6.07) is 5.70. The second kappa shape index (κ2) is 3.81. The fraction of sp³-hybridized carbons (Fsp3) is 0.111. The minimum absolute atomic E-state index is 0.300. The number of fused-ring (bicyclic) bond motifs is 1. The molecule has 1 aromatic carbocycles. The highest BCUT2D eigenvalue weighted by Crippen LogP contribution is 2.28. The van der Waals surface area contributed by atoms with Gasteiger partial charge in [0.25, 0.3) is 0 Å². The molecule has 1 heterocycles. The molecule has 0 atom stereocenters. The Balaban J connectivity index is 2.84. The Hall–Kier alpha value is -0.710. The van der Waals surface area contributed by atoms with E-state index >= 15 is 0 Å². The van der Waals surface area contributed by atoms with Crippen LogP contribution < -0.4 is 5.73 Å². The smallest absolute Gasteiger partial charge is 0.109 e. The Bertz CT molecular complexity index is 487. The van der Waals surface area contributed by atoms with Gasteiger partial charge in [0.15, 0.2) is 0 Å². The molecule has 2 aromatic rings. The average Bonchev–Trinajstić information content (AvgIpc) is 2.20. The minimum atomic E-state index is 0.300. The SMILES string of the molecule is NCc1nnc2c(Br)cccc2c1Cl. The van der Waals surface area contributed by atoms with E-state index in [1.54, 1.807) is 0 Å². The summed E-state index contributed by atoms with van der Waals surface area (Å²) in [4.78, 5) is 0. The molecular weight excluding hydrogens is 265 g/mol. The molecule has 5 heteroatoms. The van der Waals surface area contributed by atoms with Gasteiger partial charge < -0.3 is 5.73 Å². The molecule has 14 heavy (non-hydrogen) atoms. The van der Waals surface area contributed by atoms with Gasteiger partial charge in [-0.2, -0.15) is 5.10 Å². The Morgan fingerprint density at radius 1 is 1.36 bits per heavy atom. The highest BCUT2D eigenvalue weighted by atomic mass is 79.9. The van der Waals surface area contributed by atoms with Gasteiger partial charge >= 0.3 is 0 Å². The lowest BCUT2D eigenvalue weighted by Crippen LogP contribution is -2.02. The highest BCUT2D eigenvalue weighted by molar-refractivity contribution is 9.10. The minimum Gasteiger partial charge on any atom is -0.325 e. The van der Waals surface area contributed by atoms with E-state index in [-0.39, 0.29) is 0 Å². The largest absolute Gasteiger partial charge is 0.325 e. The zero-order valence-electron chi connectivity index (χ0n) is 7.17. The third kappa shape index (κ3) is 1.49. The quantitative estimate of drug-likeness (QED) is 0.868. The van der Waals surface area contributed by atoms with Crippen LogP contribution in [-0.4, -0.2) is 10.2 Å². The molecule has 3 nitrogen and oxygen atoms in total. The van der Waals surface area contributed by atoms with Crippen molar-refractivity contribution < 1.29 is 0 Å². The Morgan fingerprint density at radius 2 is 2.14 bits per heavy atom. The van der Waals surface area contributed by atoms with Gasteiger partial charge in [0.1, 0.15) is 5.52 Å². The second-order valence-electron chi connectivity index (χ2n) is 2.80. The highest BCUT2D eigenvalue weighted by Gasteiger charge is 2.08. The summed E-state index contributed by atoms with van der Waals surface area (Å²) in [5.74, 6) is 0. The van der Waals surface area contributed by atoms with Gasteiger partial charge in [-0.15, -0.1) is 5.10 Å². The molecular formula is C9H7BrClN3. The molecule has 72 valence electrons.